The molecule has 1 N–H and O–H groups in total. The lowest BCUT2D eigenvalue weighted by molar-refractivity contribution is -0.143. The van der Waals surface area contributed by atoms with Crippen LogP contribution in [0.2, 0.25) is 0 Å². The fourth-order valence-electron chi connectivity index (χ4n) is 2.51. The molecule has 0 amide bonds. The van der Waals surface area contributed by atoms with E-state index >= 15 is 0 Å². The standard InChI is InChI=1S/C12H16N2O2/c1-8-2-3-9(12(15)16)10(6-8)11-7-13-4-5-14-11/h4-5,7-10H,2-3,6H2,1H3,(H,15,16). The molecule has 1 saturated carbocycles. The summed E-state index contributed by atoms with van der Waals surface area (Å²) in [6, 6.07) is 0. The zero-order valence-corrected chi connectivity index (χ0v) is 9.34. The Morgan fingerprint density at radius 1 is 1.44 bits per heavy atom. The first-order chi connectivity index (χ1) is 7.68. The summed E-state index contributed by atoms with van der Waals surface area (Å²) in [5, 5.41) is 9.21. The molecular weight excluding hydrogens is 204 g/mol. The first-order valence-electron chi connectivity index (χ1n) is 5.67. The third kappa shape index (κ3) is 2.21. The molecule has 0 aliphatic heterocycles. The first kappa shape index (κ1) is 11.0. The summed E-state index contributed by atoms with van der Waals surface area (Å²) in [4.78, 5) is 19.5. The number of hydrogen-bond donors (Lipinski definition) is 1. The van der Waals surface area contributed by atoms with Crippen LogP contribution in [0.1, 0.15) is 37.8 Å². The molecule has 4 heteroatoms. The summed E-state index contributed by atoms with van der Waals surface area (Å²) < 4.78 is 0. The van der Waals surface area contributed by atoms with E-state index in [9.17, 15) is 9.90 Å². The van der Waals surface area contributed by atoms with Gasteiger partial charge in [-0.1, -0.05) is 6.92 Å². The van der Waals surface area contributed by atoms with Crippen LogP contribution in [-0.4, -0.2) is 21.0 Å². The van der Waals surface area contributed by atoms with E-state index < -0.39 is 5.97 Å². The fraction of sp³-hybridized carbons (Fsp3) is 0.583. The Labute approximate surface area is 94.7 Å². The lowest BCUT2D eigenvalue weighted by Gasteiger charge is -2.31. The number of hydrogen-bond acceptors (Lipinski definition) is 3. The van der Waals surface area contributed by atoms with Gasteiger partial charge in [0.2, 0.25) is 0 Å². The third-order valence-corrected chi connectivity index (χ3v) is 3.39. The second kappa shape index (κ2) is 4.60. The summed E-state index contributed by atoms with van der Waals surface area (Å²) in [5.41, 5.74) is 0.821. The molecule has 3 atom stereocenters. The van der Waals surface area contributed by atoms with Gasteiger partial charge in [-0.05, 0) is 25.2 Å². The molecular formula is C12H16N2O2. The van der Waals surface area contributed by atoms with E-state index in [0.29, 0.717) is 5.92 Å². The summed E-state index contributed by atoms with van der Waals surface area (Å²) in [6.45, 7) is 2.17. The zero-order valence-electron chi connectivity index (χ0n) is 9.34. The lowest BCUT2D eigenvalue weighted by atomic mass is 9.73. The largest absolute Gasteiger partial charge is 0.481 e. The Morgan fingerprint density at radius 3 is 2.88 bits per heavy atom. The van der Waals surface area contributed by atoms with Crippen molar-refractivity contribution in [1.29, 1.82) is 0 Å². The molecule has 1 heterocycles. The number of carboxylic acid groups (broad SMARTS) is 1. The van der Waals surface area contributed by atoms with Crippen molar-refractivity contribution in [3.8, 4) is 0 Å². The van der Waals surface area contributed by atoms with Crippen molar-refractivity contribution in [2.45, 2.75) is 32.1 Å². The number of carbonyl (C=O) groups is 1. The van der Waals surface area contributed by atoms with E-state index in [1.165, 1.54) is 0 Å². The second-order valence-corrected chi connectivity index (χ2v) is 4.60. The second-order valence-electron chi connectivity index (χ2n) is 4.60. The molecule has 2 rings (SSSR count). The summed E-state index contributed by atoms with van der Waals surface area (Å²) in [5.74, 6) is -0.409. The molecule has 1 aliphatic rings. The summed E-state index contributed by atoms with van der Waals surface area (Å²) >= 11 is 0. The molecule has 0 spiro atoms. The first-order valence-corrected chi connectivity index (χ1v) is 5.67. The molecule has 3 unspecified atom stereocenters. The van der Waals surface area contributed by atoms with Crippen LogP contribution >= 0.6 is 0 Å². The van der Waals surface area contributed by atoms with Gasteiger partial charge in [-0.25, -0.2) is 0 Å². The van der Waals surface area contributed by atoms with Crippen molar-refractivity contribution in [1.82, 2.24) is 9.97 Å². The van der Waals surface area contributed by atoms with Gasteiger partial charge < -0.3 is 5.11 Å². The summed E-state index contributed by atoms with van der Waals surface area (Å²) in [6.07, 6.45) is 7.58. The number of nitrogens with zero attached hydrogens (tertiary/aromatic N) is 2. The molecule has 1 aromatic heterocycles. The fourth-order valence-corrected chi connectivity index (χ4v) is 2.51. The topological polar surface area (TPSA) is 63.1 Å². The van der Waals surface area contributed by atoms with Crippen LogP contribution < -0.4 is 0 Å². The number of carboxylic acids is 1. The van der Waals surface area contributed by atoms with Crippen LogP contribution in [-0.2, 0) is 4.79 Å². The Balaban J connectivity index is 2.24. The van der Waals surface area contributed by atoms with E-state index in [2.05, 4.69) is 16.9 Å². The Morgan fingerprint density at radius 2 is 2.25 bits per heavy atom. The quantitative estimate of drug-likeness (QED) is 0.828. The van der Waals surface area contributed by atoms with Crippen molar-refractivity contribution >= 4 is 5.97 Å². The van der Waals surface area contributed by atoms with Gasteiger partial charge in [0.1, 0.15) is 0 Å². The number of aromatic nitrogens is 2. The third-order valence-electron chi connectivity index (χ3n) is 3.39. The van der Waals surface area contributed by atoms with E-state index in [0.717, 1.165) is 25.0 Å². The number of rotatable bonds is 2. The van der Waals surface area contributed by atoms with E-state index in [1.807, 2.05) is 0 Å². The highest BCUT2D eigenvalue weighted by molar-refractivity contribution is 5.71. The van der Waals surface area contributed by atoms with Crippen molar-refractivity contribution in [2.75, 3.05) is 0 Å². The normalized spacial score (nSPS) is 29.9. The lowest BCUT2D eigenvalue weighted by Crippen LogP contribution is -2.29. The van der Waals surface area contributed by atoms with Crippen LogP contribution in [0.15, 0.2) is 18.6 Å². The van der Waals surface area contributed by atoms with Gasteiger partial charge in [0.15, 0.2) is 0 Å². The molecule has 1 fully saturated rings. The van der Waals surface area contributed by atoms with Crippen molar-refractivity contribution in [3.05, 3.63) is 24.3 Å². The Kier molecular flexibility index (Phi) is 3.17. The maximum absolute atomic E-state index is 11.2. The van der Waals surface area contributed by atoms with E-state index in [4.69, 9.17) is 0 Å². The average molecular weight is 220 g/mol. The van der Waals surface area contributed by atoms with Crippen LogP contribution in [0.5, 0.6) is 0 Å². The van der Waals surface area contributed by atoms with Gasteiger partial charge in [-0.3, -0.25) is 14.8 Å². The molecule has 86 valence electrons. The van der Waals surface area contributed by atoms with Gasteiger partial charge in [0.25, 0.3) is 0 Å². The van der Waals surface area contributed by atoms with Gasteiger partial charge in [0, 0.05) is 24.5 Å². The number of aliphatic carboxylic acids is 1. The maximum Gasteiger partial charge on any atom is 0.307 e. The van der Waals surface area contributed by atoms with Crippen LogP contribution in [0.25, 0.3) is 0 Å². The monoisotopic (exact) mass is 220 g/mol. The highest BCUT2D eigenvalue weighted by Gasteiger charge is 2.35. The van der Waals surface area contributed by atoms with Crippen molar-refractivity contribution in [3.63, 3.8) is 0 Å². The van der Waals surface area contributed by atoms with Crippen LogP contribution in [0.3, 0.4) is 0 Å². The molecule has 4 nitrogen and oxygen atoms in total. The minimum absolute atomic E-state index is 0.0231. The summed E-state index contributed by atoms with van der Waals surface area (Å²) in [7, 11) is 0. The molecule has 0 bridgehead atoms. The molecule has 0 aromatic carbocycles. The molecule has 1 aromatic rings. The van der Waals surface area contributed by atoms with Gasteiger partial charge >= 0.3 is 5.97 Å². The SMILES string of the molecule is CC1CCC(C(=O)O)C(c2cnccn2)C1. The zero-order chi connectivity index (χ0) is 11.5. The Bertz CT molecular complexity index is 367. The molecule has 16 heavy (non-hydrogen) atoms. The maximum atomic E-state index is 11.2. The van der Waals surface area contributed by atoms with Gasteiger partial charge in [-0.15, -0.1) is 0 Å². The Hall–Kier alpha value is -1.45. The van der Waals surface area contributed by atoms with Crippen molar-refractivity contribution in [2.24, 2.45) is 11.8 Å². The van der Waals surface area contributed by atoms with Crippen LogP contribution in [0.4, 0.5) is 0 Å². The highest BCUT2D eigenvalue weighted by Crippen LogP contribution is 2.39. The van der Waals surface area contributed by atoms with Crippen LogP contribution in [0, 0.1) is 11.8 Å². The van der Waals surface area contributed by atoms with E-state index in [-0.39, 0.29) is 11.8 Å². The van der Waals surface area contributed by atoms with E-state index in [1.54, 1.807) is 18.6 Å². The average Bonchev–Trinajstić information content (AvgIpc) is 2.29. The molecule has 0 saturated heterocycles. The van der Waals surface area contributed by atoms with Gasteiger partial charge in [-0.2, -0.15) is 0 Å². The molecule has 1 aliphatic carbocycles. The molecule has 0 radical (unpaired) electrons. The van der Waals surface area contributed by atoms with Crippen molar-refractivity contribution < 1.29 is 9.90 Å². The highest BCUT2D eigenvalue weighted by atomic mass is 16.4. The smallest absolute Gasteiger partial charge is 0.307 e. The predicted octanol–water partition coefficient (Wildman–Crippen LogP) is 2.08. The predicted molar refractivity (Wildman–Crippen MR) is 58.9 cm³/mol. The minimum atomic E-state index is -0.706. The van der Waals surface area contributed by atoms with Gasteiger partial charge in [0.05, 0.1) is 11.6 Å². The minimum Gasteiger partial charge on any atom is -0.481 e.